The number of rotatable bonds is 3. The predicted molar refractivity (Wildman–Crippen MR) is 66.5 cm³/mol. The number of aryl methyl sites for hydroxylation is 1. The number of imidazole rings is 1. The van der Waals surface area contributed by atoms with Gasteiger partial charge in [0.15, 0.2) is 0 Å². The lowest BCUT2D eigenvalue weighted by Crippen LogP contribution is -2.35. The Bertz CT molecular complexity index is 319. The number of hydrogen-bond acceptors (Lipinski definition) is 2. The number of hydrogen-bond donors (Lipinski definition) is 1. The van der Waals surface area contributed by atoms with Gasteiger partial charge in [-0.25, -0.2) is 4.98 Å². The molecule has 1 fully saturated rings. The standard InChI is InChI=1S/C13H23N3/c1-3-14-12-8-6-4-5-7-11(12)13-15-9-10-16(13)2/h9-12,14H,3-8H2,1-2H3. The highest BCUT2D eigenvalue weighted by Gasteiger charge is 2.26. The fourth-order valence-corrected chi connectivity index (χ4v) is 2.86. The summed E-state index contributed by atoms with van der Waals surface area (Å²) in [4.78, 5) is 4.54. The normalized spacial score (nSPS) is 26.6. The highest BCUT2D eigenvalue weighted by atomic mass is 15.1. The molecule has 1 aromatic rings. The van der Waals surface area contributed by atoms with Crippen LogP contribution in [0.25, 0.3) is 0 Å². The maximum Gasteiger partial charge on any atom is 0.113 e. The molecule has 16 heavy (non-hydrogen) atoms. The molecule has 0 spiro atoms. The molecule has 90 valence electrons. The Balaban J connectivity index is 2.17. The van der Waals surface area contributed by atoms with E-state index in [0.717, 1.165) is 6.54 Å². The number of nitrogens with one attached hydrogen (secondary N) is 1. The fraction of sp³-hybridized carbons (Fsp3) is 0.769. The first-order valence-corrected chi connectivity index (χ1v) is 6.53. The zero-order valence-corrected chi connectivity index (χ0v) is 10.4. The van der Waals surface area contributed by atoms with Gasteiger partial charge in [0, 0.05) is 31.4 Å². The number of aromatic nitrogens is 2. The second-order valence-corrected chi connectivity index (χ2v) is 4.81. The maximum atomic E-state index is 4.54. The van der Waals surface area contributed by atoms with Crippen LogP contribution in [0, 0.1) is 0 Å². The molecule has 0 aromatic carbocycles. The fourth-order valence-electron chi connectivity index (χ4n) is 2.86. The van der Waals surface area contributed by atoms with Gasteiger partial charge in [-0.2, -0.15) is 0 Å². The molecular weight excluding hydrogens is 198 g/mol. The monoisotopic (exact) mass is 221 g/mol. The van der Waals surface area contributed by atoms with Crippen LogP contribution >= 0.6 is 0 Å². The lowest BCUT2D eigenvalue weighted by atomic mass is 9.93. The highest BCUT2D eigenvalue weighted by molar-refractivity contribution is 5.05. The number of nitrogens with zero attached hydrogens (tertiary/aromatic N) is 2. The van der Waals surface area contributed by atoms with Crippen molar-refractivity contribution in [2.24, 2.45) is 7.05 Å². The van der Waals surface area contributed by atoms with Crippen molar-refractivity contribution in [3.63, 3.8) is 0 Å². The lowest BCUT2D eigenvalue weighted by Gasteiger charge is -2.25. The van der Waals surface area contributed by atoms with E-state index < -0.39 is 0 Å². The Labute approximate surface area is 98.3 Å². The van der Waals surface area contributed by atoms with Crippen molar-refractivity contribution in [1.82, 2.24) is 14.9 Å². The average molecular weight is 221 g/mol. The van der Waals surface area contributed by atoms with Gasteiger partial charge < -0.3 is 9.88 Å². The van der Waals surface area contributed by atoms with E-state index >= 15 is 0 Å². The molecule has 1 aliphatic rings. The SMILES string of the molecule is CCNC1CCCCCC1c1nccn1C. The van der Waals surface area contributed by atoms with E-state index in [1.807, 2.05) is 6.20 Å². The molecule has 0 saturated heterocycles. The van der Waals surface area contributed by atoms with Crippen LogP contribution in [0.1, 0.15) is 50.8 Å². The molecule has 3 nitrogen and oxygen atoms in total. The van der Waals surface area contributed by atoms with Gasteiger partial charge in [0.25, 0.3) is 0 Å². The minimum atomic E-state index is 0.599. The van der Waals surface area contributed by atoms with Crippen molar-refractivity contribution < 1.29 is 0 Å². The first-order valence-electron chi connectivity index (χ1n) is 6.53. The van der Waals surface area contributed by atoms with Gasteiger partial charge in [0.05, 0.1) is 0 Å². The third-order valence-corrected chi connectivity index (χ3v) is 3.67. The zero-order valence-electron chi connectivity index (χ0n) is 10.4. The molecule has 1 aliphatic carbocycles. The largest absolute Gasteiger partial charge is 0.338 e. The molecule has 0 aliphatic heterocycles. The molecule has 0 radical (unpaired) electrons. The summed E-state index contributed by atoms with van der Waals surface area (Å²) in [5.41, 5.74) is 0. The smallest absolute Gasteiger partial charge is 0.113 e. The molecule has 2 rings (SSSR count). The average Bonchev–Trinajstić information content (AvgIpc) is 2.56. The molecule has 1 heterocycles. The van der Waals surface area contributed by atoms with Gasteiger partial charge in [-0.05, 0) is 19.4 Å². The Morgan fingerprint density at radius 1 is 1.38 bits per heavy atom. The van der Waals surface area contributed by atoms with Crippen molar-refractivity contribution in [2.75, 3.05) is 6.54 Å². The topological polar surface area (TPSA) is 29.9 Å². The summed E-state index contributed by atoms with van der Waals surface area (Å²) in [6.07, 6.45) is 10.6. The van der Waals surface area contributed by atoms with Crippen molar-refractivity contribution in [1.29, 1.82) is 0 Å². The second kappa shape index (κ2) is 5.48. The first-order chi connectivity index (χ1) is 7.83. The van der Waals surface area contributed by atoms with E-state index in [1.165, 1.54) is 37.9 Å². The molecule has 1 saturated carbocycles. The van der Waals surface area contributed by atoms with Crippen LogP contribution in [0.3, 0.4) is 0 Å². The predicted octanol–water partition coefficient (Wildman–Crippen LogP) is 2.45. The van der Waals surface area contributed by atoms with Crippen molar-refractivity contribution in [3.8, 4) is 0 Å². The van der Waals surface area contributed by atoms with Crippen molar-refractivity contribution in [2.45, 2.75) is 51.0 Å². The van der Waals surface area contributed by atoms with Crippen LogP contribution in [0.15, 0.2) is 12.4 Å². The Morgan fingerprint density at radius 3 is 2.88 bits per heavy atom. The van der Waals surface area contributed by atoms with E-state index in [2.05, 4.69) is 35.0 Å². The third-order valence-electron chi connectivity index (χ3n) is 3.67. The Morgan fingerprint density at radius 2 is 2.19 bits per heavy atom. The maximum absolute atomic E-state index is 4.54. The molecular formula is C13H23N3. The van der Waals surface area contributed by atoms with Crippen LogP contribution in [-0.2, 0) is 7.05 Å². The summed E-state index contributed by atoms with van der Waals surface area (Å²) in [7, 11) is 2.11. The highest BCUT2D eigenvalue weighted by Crippen LogP contribution is 2.30. The quantitative estimate of drug-likeness (QED) is 0.795. The Hall–Kier alpha value is -0.830. The molecule has 0 bridgehead atoms. The number of likely N-dealkylation sites (N-methyl/N-ethyl adjacent to an activating group) is 1. The van der Waals surface area contributed by atoms with Crippen LogP contribution in [0.5, 0.6) is 0 Å². The van der Waals surface area contributed by atoms with Crippen LogP contribution in [0.4, 0.5) is 0 Å². The van der Waals surface area contributed by atoms with E-state index in [0.29, 0.717) is 12.0 Å². The van der Waals surface area contributed by atoms with E-state index in [4.69, 9.17) is 0 Å². The van der Waals surface area contributed by atoms with Crippen LogP contribution < -0.4 is 5.32 Å². The first kappa shape index (κ1) is 11.6. The van der Waals surface area contributed by atoms with E-state index in [9.17, 15) is 0 Å². The second-order valence-electron chi connectivity index (χ2n) is 4.81. The molecule has 2 atom stereocenters. The van der Waals surface area contributed by atoms with Crippen LogP contribution in [0.2, 0.25) is 0 Å². The van der Waals surface area contributed by atoms with Crippen molar-refractivity contribution >= 4 is 0 Å². The van der Waals surface area contributed by atoms with Gasteiger partial charge in [-0.3, -0.25) is 0 Å². The molecule has 1 N–H and O–H groups in total. The van der Waals surface area contributed by atoms with Crippen molar-refractivity contribution in [3.05, 3.63) is 18.2 Å². The van der Waals surface area contributed by atoms with Gasteiger partial charge in [-0.15, -0.1) is 0 Å². The van der Waals surface area contributed by atoms with E-state index in [-0.39, 0.29) is 0 Å². The molecule has 1 aromatic heterocycles. The molecule has 3 heteroatoms. The third kappa shape index (κ3) is 2.46. The Kier molecular flexibility index (Phi) is 3.99. The molecule has 2 unspecified atom stereocenters. The van der Waals surface area contributed by atoms with E-state index in [1.54, 1.807) is 0 Å². The lowest BCUT2D eigenvalue weighted by molar-refractivity contribution is 0.400. The minimum Gasteiger partial charge on any atom is -0.338 e. The summed E-state index contributed by atoms with van der Waals surface area (Å²) in [5, 5.41) is 3.64. The van der Waals surface area contributed by atoms with Gasteiger partial charge in [0.1, 0.15) is 5.82 Å². The van der Waals surface area contributed by atoms with Gasteiger partial charge in [0.2, 0.25) is 0 Å². The summed E-state index contributed by atoms with van der Waals surface area (Å²) in [6, 6.07) is 0.619. The van der Waals surface area contributed by atoms with Crippen LogP contribution in [-0.4, -0.2) is 22.1 Å². The summed E-state index contributed by atoms with van der Waals surface area (Å²) < 4.78 is 2.18. The summed E-state index contributed by atoms with van der Waals surface area (Å²) >= 11 is 0. The molecule has 0 amide bonds. The summed E-state index contributed by atoms with van der Waals surface area (Å²) in [5.74, 6) is 1.86. The van der Waals surface area contributed by atoms with Gasteiger partial charge >= 0.3 is 0 Å². The van der Waals surface area contributed by atoms with Gasteiger partial charge in [-0.1, -0.05) is 26.2 Å². The minimum absolute atomic E-state index is 0.599. The summed E-state index contributed by atoms with van der Waals surface area (Å²) in [6.45, 7) is 3.26. The zero-order chi connectivity index (χ0) is 11.4.